The van der Waals surface area contributed by atoms with E-state index in [1.807, 2.05) is 6.92 Å². The SMILES string of the molecule is CCOc1ccc(OCc2ccc(F)cc2B(O)O)cc1. The van der Waals surface area contributed by atoms with Gasteiger partial charge in [-0.25, -0.2) is 4.39 Å². The second-order valence-electron chi connectivity index (χ2n) is 4.41. The van der Waals surface area contributed by atoms with Crippen LogP contribution in [0.25, 0.3) is 0 Å². The Hall–Kier alpha value is -2.05. The fraction of sp³-hybridized carbons (Fsp3) is 0.200. The van der Waals surface area contributed by atoms with Gasteiger partial charge in [-0.15, -0.1) is 0 Å². The largest absolute Gasteiger partial charge is 0.494 e. The summed E-state index contributed by atoms with van der Waals surface area (Å²) in [5.74, 6) is 0.835. The van der Waals surface area contributed by atoms with Gasteiger partial charge in [-0.05, 0) is 54.3 Å². The molecule has 0 saturated carbocycles. The maximum Gasteiger partial charge on any atom is 0.488 e. The summed E-state index contributed by atoms with van der Waals surface area (Å²) in [5, 5.41) is 18.5. The number of halogens is 1. The fourth-order valence-electron chi connectivity index (χ4n) is 1.90. The van der Waals surface area contributed by atoms with Crippen molar-refractivity contribution in [2.24, 2.45) is 0 Å². The minimum Gasteiger partial charge on any atom is -0.494 e. The average Bonchev–Trinajstić information content (AvgIpc) is 2.47. The first-order valence-corrected chi connectivity index (χ1v) is 6.60. The lowest BCUT2D eigenvalue weighted by molar-refractivity contribution is 0.304. The molecule has 2 rings (SSSR count). The number of benzene rings is 2. The third-order valence-corrected chi connectivity index (χ3v) is 2.92. The van der Waals surface area contributed by atoms with Gasteiger partial charge in [0, 0.05) is 0 Å². The van der Waals surface area contributed by atoms with Gasteiger partial charge in [0.1, 0.15) is 23.9 Å². The first-order chi connectivity index (χ1) is 10.1. The van der Waals surface area contributed by atoms with E-state index in [-0.39, 0.29) is 12.1 Å². The summed E-state index contributed by atoms with van der Waals surface area (Å²) in [7, 11) is -1.74. The molecule has 0 saturated heterocycles. The van der Waals surface area contributed by atoms with E-state index in [0.29, 0.717) is 17.9 Å². The van der Waals surface area contributed by atoms with Crippen LogP contribution in [-0.2, 0) is 6.61 Å². The highest BCUT2D eigenvalue weighted by Gasteiger charge is 2.17. The molecule has 2 aromatic rings. The first-order valence-electron chi connectivity index (χ1n) is 6.60. The molecule has 0 unspecified atom stereocenters. The second-order valence-corrected chi connectivity index (χ2v) is 4.41. The third-order valence-electron chi connectivity index (χ3n) is 2.92. The molecule has 0 spiro atoms. The van der Waals surface area contributed by atoms with Crippen molar-refractivity contribution in [2.75, 3.05) is 6.61 Å². The molecule has 110 valence electrons. The van der Waals surface area contributed by atoms with Crippen LogP contribution in [-0.4, -0.2) is 23.8 Å². The molecule has 0 aromatic heterocycles. The summed E-state index contributed by atoms with van der Waals surface area (Å²) >= 11 is 0. The van der Waals surface area contributed by atoms with Crippen LogP contribution in [0, 0.1) is 5.82 Å². The zero-order chi connectivity index (χ0) is 15.2. The third kappa shape index (κ3) is 4.21. The van der Waals surface area contributed by atoms with Gasteiger partial charge in [0.25, 0.3) is 0 Å². The summed E-state index contributed by atoms with van der Waals surface area (Å²) in [5.41, 5.74) is 0.612. The molecule has 4 nitrogen and oxygen atoms in total. The van der Waals surface area contributed by atoms with Gasteiger partial charge in [0.05, 0.1) is 6.61 Å². The van der Waals surface area contributed by atoms with E-state index in [1.165, 1.54) is 12.1 Å². The number of hydrogen-bond donors (Lipinski definition) is 2. The predicted octanol–water partition coefficient (Wildman–Crippen LogP) is 1.48. The molecule has 6 heteroatoms. The Morgan fingerprint density at radius 1 is 1.00 bits per heavy atom. The monoisotopic (exact) mass is 290 g/mol. The minimum atomic E-state index is -1.74. The Kier molecular flexibility index (Phi) is 5.19. The van der Waals surface area contributed by atoms with Crippen molar-refractivity contribution >= 4 is 12.6 Å². The lowest BCUT2D eigenvalue weighted by Gasteiger charge is -2.11. The van der Waals surface area contributed by atoms with Gasteiger partial charge in [-0.3, -0.25) is 0 Å². The molecule has 0 bridgehead atoms. The molecule has 0 fully saturated rings. The molecule has 0 radical (unpaired) electrons. The van der Waals surface area contributed by atoms with E-state index in [4.69, 9.17) is 9.47 Å². The van der Waals surface area contributed by atoms with Crippen LogP contribution in [0.3, 0.4) is 0 Å². The number of ether oxygens (including phenoxy) is 2. The van der Waals surface area contributed by atoms with Crippen LogP contribution in [0.5, 0.6) is 11.5 Å². The summed E-state index contributed by atoms with van der Waals surface area (Å²) in [6.07, 6.45) is 0. The van der Waals surface area contributed by atoms with E-state index in [9.17, 15) is 14.4 Å². The van der Waals surface area contributed by atoms with Crippen molar-refractivity contribution in [3.05, 3.63) is 53.8 Å². The standard InChI is InChI=1S/C15H16BFO4/c1-2-20-13-5-7-14(8-6-13)21-10-11-3-4-12(17)9-15(11)16(18)19/h3-9,18-19H,2,10H2,1H3. The molecule has 0 amide bonds. The molecule has 0 heterocycles. The van der Waals surface area contributed by atoms with Crippen LogP contribution in [0.2, 0.25) is 0 Å². The average molecular weight is 290 g/mol. The highest BCUT2D eigenvalue weighted by atomic mass is 19.1. The molecule has 0 aliphatic heterocycles. The molecule has 0 atom stereocenters. The lowest BCUT2D eigenvalue weighted by atomic mass is 9.77. The van der Waals surface area contributed by atoms with Gasteiger partial charge in [0.2, 0.25) is 0 Å². The second kappa shape index (κ2) is 7.10. The van der Waals surface area contributed by atoms with Crippen molar-refractivity contribution in [3.63, 3.8) is 0 Å². The zero-order valence-corrected chi connectivity index (χ0v) is 11.6. The lowest BCUT2D eigenvalue weighted by Crippen LogP contribution is -2.34. The molecule has 2 aromatic carbocycles. The zero-order valence-electron chi connectivity index (χ0n) is 11.6. The van der Waals surface area contributed by atoms with Crippen LogP contribution < -0.4 is 14.9 Å². The van der Waals surface area contributed by atoms with Crippen molar-refractivity contribution in [2.45, 2.75) is 13.5 Å². The fourth-order valence-corrected chi connectivity index (χ4v) is 1.90. The number of hydrogen-bond acceptors (Lipinski definition) is 4. The summed E-state index contributed by atoms with van der Waals surface area (Å²) in [6.45, 7) is 2.61. The van der Waals surface area contributed by atoms with Crippen molar-refractivity contribution in [1.82, 2.24) is 0 Å². The van der Waals surface area contributed by atoms with Gasteiger partial charge < -0.3 is 19.5 Å². The van der Waals surface area contributed by atoms with E-state index < -0.39 is 12.9 Å². The van der Waals surface area contributed by atoms with Crippen LogP contribution in [0.1, 0.15) is 12.5 Å². The normalized spacial score (nSPS) is 10.3. The number of rotatable bonds is 6. The molecular weight excluding hydrogens is 274 g/mol. The minimum absolute atomic E-state index is 0.0981. The topological polar surface area (TPSA) is 58.9 Å². The smallest absolute Gasteiger partial charge is 0.488 e. The van der Waals surface area contributed by atoms with Gasteiger partial charge >= 0.3 is 7.12 Å². The van der Waals surface area contributed by atoms with Gasteiger partial charge in [-0.2, -0.15) is 0 Å². The van der Waals surface area contributed by atoms with E-state index in [0.717, 1.165) is 11.8 Å². The molecule has 0 aliphatic carbocycles. The quantitative estimate of drug-likeness (QED) is 0.791. The van der Waals surface area contributed by atoms with Crippen molar-refractivity contribution in [1.29, 1.82) is 0 Å². The van der Waals surface area contributed by atoms with Crippen molar-refractivity contribution < 1.29 is 23.9 Å². The predicted molar refractivity (Wildman–Crippen MR) is 78.2 cm³/mol. The Labute approximate surface area is 122 Å². The highest BCUT2D eigenvalue weighted by Crippen LogP contribution is 2.18. The van der Waals surface area contributed by atoms with Crippen molar-refractivity contribution in [3.8, 4) is 11.5 Å². The van der Waals surface area contributed by atoms with E-state index >= 15 is 0 Å². The highest BCUT2D eigenvalue weighted by molar-refractivity contribution is 6.59. The Bertz CT molecular complexity index is 587. The van der Waals surface area contributed by atoms with E-state index in [2.05, 4.69) is 0 Å². The van der Waals surface area contributed by atoms with Crippen LogP contribution in [0.15, 0.2) is 42.5 Å². The van der Waals surface area contributed by atoms with Gasteiger partial charge in [-0.1, -0.05) is 6.07 Å². The van der Waals surface area contributed by atoms with Crippen LogP contribution in [0.4, 0.5) is 4.39 Å². The summed E-state index contributed by atoms with van der Waals surface area (Å²) < 4.78 is 24.0. The molecule has 21 heavy (non-hydrogen) atoms. The van der Waals surface area contributed by atoms with Gasteiger partial charge in [0.15, 0.2) is 0 Å². The molecule has 2 N–H and O–H groups in total. The Morgan fingerprint density at radius 2 is 1.62 bits per heavy atom. The summed E-state index contributed by atoms with van der Waals surface area (Å²) in [6, 6.07) is 10.9. The van der Waals surface area contributed by atoms with Crippen LogP contribution >= 0.6 is 0 Å². The first kappa shape index (κ1) is 15.3. The molecular formula is C15H16BFO4. The maximum absolute atomic E-state index is 13.1. The summed E-state index contributed by atoms with van der Waals surface area (Å²) in [4.78, 5) is 0. The molecule has 0 aliphatic rings. The maximum atomic E-state index is 13.1. The Balaban J connectivity index is 2.05. The Morgan fingerprint density at radius 3 is 2.19 bits per heavy atom. The van der Waals surface area contributed by atoms with E-state index in [1.54, 1.807) is 24.3 Å².